The van der Waals surface area contributed by atoms with Crippen molar-refractivity contribution < 1.29 is 0 Å². The molecule has 0 aromatic carbocycles. The maximum absolute atomic E-state index is 4.36. The number of hydrogen-bond acceptors (Lipinski definition) is 4. The van der Waals surface area contributed by atoms with Crippen molar-refractivity contribution in [3.05, 3.63) is 16.5 Å². The van der Waals surface area contributed by atoms with E-state index in [4.69, 9.17) is 0 Å². The van der Waals surface area contributed by atoms with Crippen molar-refractivity contribution in [1.29, 1.82) is 0 Å². The van der Waals surface area contributed by atoms with Crippen molar-refractivity contribution in [2.24, 2.45) is 5.92 Å². The molecule has 1 aliphatic heterocycles. The first kappa shape index (κ1) is 11.2. The van der Waals surface area contributed by atoms with Crippen LogP contribution < -0.4 is 5.32 Å². The van der Waals surface area contributed by atoms with Gasteiger partial charge in [0.2, 0.25) is 0 Å². The van der Waals surface area contributed by atoms with Crippen molar-refractivity contribution in [3.8, 4) is 0 Å². The minimum atomic E-state index is 0.789. The molecule has 0 radical (unpaired) electrons. The van der Waals surface area contributed by atoms with Crippen LogP contribution in [0.15, 0.2) is 10.7 Å². The first-order valence-electron chi connectivity index (χ1n) is 5.06. The number of halogens is 1. The van der Waals surface area contributed by atoms with Gasteiger partial charge in [0.15, 0.2) is 0 Å². The molecule has 15 heavy (non-hydrogen) atoms. The Labute approximate surface area is 103 Å². The fraction of sp³-hybridized carbons (Fsp3) is 0.600. The summed E-state index contributed by atoms with van der Waals surface area (Å²) in [6.07, 6.45) is 3.12. The highest BCUT2D eigenvalue weighted by atomic mass is 79.9. The SMILES string of the molecule is Cc1ncc(Br)c(NCC2CCSC2)n1. The van der Waals surface area contributed by atoms with Gasteiger partial charge in [-0.05, 0) is 46.7 Å². The molecule has 1 N–H and O–H groups in total. The van der Waals surface area contributed by atoms with Gasteiger partial charge in [-0.2, -0.15) is 11.8 Å². The lowest BCUT2D eigenvalue weighted by molar-refractivity contribution is 0.630. The molecule has 1 aliphatic rings. The Kier molecular flexibility index (Phi) is 3.86. The third-order valence-corrected chi connectivity index (χ3v) is 4.26. The molecule has 2 heterocycles. The van der Waals surface area contributed by atoms with E-state index < -0.39 is 0 Å². The first-order valence-corrected chi connectivity index (χ1v) is 7.01. The van der Waals surface area contributed by atoms with Crippen LogP contribution in [0.2, 0.25) is 0 Å². The summed E-state index contributed by atoms with van der Waals surface area (Å²) in [6.45, 7) is 2.92. The smallest absolute Gasteiger partial charge is 0.144 e. The van der Waals surface area contributed by atoms with Crippen LogP contribution in [-0.2, 0) is 0 Å². The van der Waals surface area contributed by atoms with E-state index >= 15 is 0 Å². The number of thioether (sulfide) groups is 1. The Morgan fingerprint density at radius 1 is 1.67 bits per heavy atom. The van der Waals surface area contributed by atoms with E-state index in [1.165, 1.54) is 17.9 Å². The molecule has 0 bridgehead atoms. The molecule has 1 atom stereocenters. The van der Waals surface area contributed by atoms with Crippen LogP contribution >= 0.6 is 27.7 Å². The van der Waals surface area contributed by atoms with Crippen LogP contribution in [0.3, 0.4) is 0 Å². The Balaban J connectivity index is 1.94. The standard InChI is InChI=1S/C10H14BrN3S/c1-7-12-5-9(11)10(14-7)13-4-8-2-3-15-6-8/h5,8H,2-4,6H2,1H3,(H,12,13,14). The van der Waals surface area contributed by atoms with Crippen LogP contribution in [0.1, 0.15) is 12.2 Å². The number of aromatic nitrogens is 2. The first-order chi connectivity index (χ1) is 7.25. The molecular formula is C10H14BrN3S. The van der Waals surface area contributed by atoms with Gasteiger partial charge < -0.3 is 5.32 Å². The van der Waals surface area contributed by atoms with Gasteiger partial charge in [0.25, 0.3) is 0 Å². The van der Waals surface area contributed by atoms with Crippen molar-refractivity contribution in [1.82, 2.24) is 9.97 Å². The molecule has 0 spiro atoms. The normalized spacial score (nSPS) is 20.5. The molecule has 1 unspecified atom stereocenters. The maximum atomic E-state index is 4.36. The van der Waals surface area contributed by atoms with Gasteiger partial charge in [0.1, 0.15) is 11.6 Å². The van der Waals surface area contributed by atoms with Crippen LogP contribution in [0.4, 0.5) is 5.82 Å². The van der Waals surface area contributed by atoms with Crippen LogP contribution in [-0.4, -0.2) is 28.0 Å². The lowest BCUT2D eigenvalue weighted by Gasteiger charge is -2.11. The lowest BCUT2D eigenvalue weighted by Crippen LogP contribution is -2.15. The summed E-state index contributed by atoms with van der Waals surface area (Å²) in [5.41, 5.74) is 0. The zero-order chi connectivity index (χ0) is 10.7. The average molecular weight is 288 g/mol. The molecule has 1 aromatic rings. The number of rotatable bonds is 3. The third kappa shape index (κ3) is 3.08. The van der Waals surface area contributed by atoms with E-state index in [9.17, 15) is 0 Å². The van der Waals surface area contributed by atoms with Crippen molar-refractivity contribution >= 4 is 33.5 Å². The summed E-state index contributed by atoms with van der Waals surface area (Å²) < 4.78 is 0.943. The Hall–Kier alpha value is -0.290. The van der Waals surface area contributed by atoms with E-state index in [2.05, 4.69) is 31.2 Å². The number of nitrogens with zero attached hydrogens (tertiary/aromatic N) is 2. The number of aryl methyl sites for hydroxylation is 1. The Morgan fingerprint density at radius 3 is 3.27 bits per heavy atom. The molecule has 1 aromatic heterocycles. The van der Waals surface area contributed by atoms with Gasteiger partial charge in [0, 0.05) is 12.7 Å². The summed E-state index contributed by atoms with van der Waals surface area (Å²) in [6, 6.07) is 0. The van der Waals surface area contributed by atoms with Gasteiger partial charge >= 0.3 is 0 Å². The molecule has 1 saturated heterocycles. The van der Waals surface area contributed by atoms with E-state index in [1.54, 1.807) is 6.20 Å². The summed E-state index contributed by atoms with van der Waals surface area (Å²) in [5.74, 6) is 5.09. The van der Waals surface area contributed by atoms with Crippen molar-refractivity contribution in [3.63, 3.8) is 0 Å². The number of hydrogen-bond donors (Lipinski definition) is 1. The molecule has 82 valence electrons. The summed E-state index contributed by atoms with van der Waals surface area (Å²) in [4.78, 5) is 8.47. The molecule has 0 amide bonds. The van der Waals surface area contributed by atoms with E-state index in [0.29, 0.717) is 0 Å². The van der Waals surface area contributed by atoms with Gasteiger partial charge in [-0.15, -0.1) is 0 Å². The second-order valence-corrected chi connectivity index (χ2v) is 5.73. The maximum Gasteiger partial charge on any atom is 0.144 e. The Morgan fingerprint density at radius 2 is 2.53 bits per heavy atom. The molecule has 1 fully saturated rings. The molecule has 5 heteroatoms. The van der Waals surface area contributed by atoms with Gasteiger partial charge in [0.05, 0.1) is 4.47 Å². The van der Waals surface area contributed by atoms with Crippen molar-refractivity contribution in [2.75, 3.05) is 23.4 Å². The van der Waals surface area contributed by atoms with E-state index in [1.807, 2.05) is 18.7 Å². The molecule has 0 saturated carbocycles. The lowest BCUT2D eigenvalue weighted by atomic mass is 10.1. The molecule has 3 nitrogen and oxygen atoms in total. The second kappa shape index (κ2) is 5.16. The summed E-state index contributed by atoms with van der Waals surface area (Å²) in [7, 11) is 0. The monoisotopic (exact) mass is 287 g/mol. The molecule has 2 rings (SSSR count). The highest BCUT2D eigenvalue weighted by Crippen LogP contribution is 2.25. The van der Waals surface area contributed by atoms with Crippen LogP contribution in [0.25, 0.3) is 0 Å². The average Bonchev–Trinajstić information content (AvgIpc) is 2.72. The zero-order valence-corrected chi connectivity index (χ0v) is 11.1. The summed E-state index contributed by atoms with van der Waals surface area (Å²) in [5, 5.41) is 3.38. The fourth-order valence-electron chi connectivity index (χ4n) is 1.56. The van der Waals surface area contributed by atoms with Crippen molar-refractivity contribution in [2.45, 2.75) is 13.3 Å². The zero-order valence-electron chi connectivity index (χ0n) is 8.66. The quantitative estimate of drug-likeness (QED) is 0.928. The molecular weight excluding hydrogens is 274 g/mol. The predicted octanol–water partition coefficient (Wildman–Crippen LogP) is 2.71. The minimum absolute atomic E-state index is 0.789. The van der Waals surface area contributed by atoms with Gasteiger partial charge in [-0.1, -0.05) is 0 Å². The fourth-order valence-corrected chi connectivity index (χ4v) is 3.18. The van der Waals surface area contributed by atoms with E-state index in [0.717, 1.165) is 28.6 Å². The summed E-state index contributed by atoms with van der Waals surface area (Å²) >= 11 is 5.49. The predicted molar refractivity (Wildman–Crippen MR) is 68.4 cm³/mol. The largest absolute Gasteiger partial charge is 0.369 e. The van der Waals surface area contributed by atoms with Crippen LogP contribution in [0.5, 0.6) is 0 Å². The van der Waals surface area contributed by atoms with Crippen LogP contribution in [0, 0.1) is 12.8 Å². The van der Waals surface area contributed by atoms with E-state index in [-0.39, 0.29) is 0 Å². The highest BCUT2D eigenvalue weighted by molar-refractivity contribution is 9.10. The second-order valence-electron chi connectivity index (χ2n) is 3.72. The van der Waals surface area contributed by atoms with Gasteiger partial charge in [-0.3, -0.25) is 0 Å². The topological polar surface area (TPSA) is 37.8 Å². The minimum Gasteiger partial charge on any atom is -0.369 e. The van der Waals surface area contributed by atoms with Gasteiger partial charge in [-0.25, -0.2) is 9.97 Å². The number of nitrogens with one attached hydrogen (secondary N) is 1. The Bertz CT molecular complexity index is 339. The third-order valence-electron chi connectivity index (χ3n) is 2.45. The highest BCUT2D eigenvalue weighted by Gasteiger charge is 2.15. The number of anilines is 1. The molecule has 0 aliphatic carbocycles.